The number of thioether (sulfide) groups is 1. The van der Waals surface area contributed by atoms with Gasteiger partial charge in [-0.05, 0) is 30.4 Å². The molecule has 0 aromatic heterocycles. The Kier molecular flexibility index (Phi) is 4.80. The molecule has 1 rings (SSSR count). The standard InChI is InChI=1S/C11H10FNO2S/c12-10-4-3-8(7-9(10)11(14)15)16-6-2-1-5-13/h3-4,7H,1-2,6H2,(H,14,15). The van der Waals surface area contributed by atoms with Gasteiger partial charge in [0, 0.05) is 11.3 Å². The first-order valence-electron chi connectivity index (χ1n) is 4.67. The summed E-state index contributed by atoms with van der Waals surface area (Å²) >= 11 is 1.42. The maximum Gasteiger partial charge on any atom is 0.338 e. The molecule has 5 heteroatoms. The molecule has 84 valence electrons. The highest BCUT2D eigenvalue weighted by atomic mass is 32.2. The van der Waals surface area contributed by atoms with E-state index in [0.29, 0.717) is 11.3 Å². The van der Waals surface area contributed by atoms with Crippen molar-refractivity contribution in [1.82, 2.24) is 0 Å². The summed E-state index contributed by atoms with van der Waals surface area (Å²) in [5.74, 6) is -1.27. The van der Waals surface area contributed by atoms with Crippen molar-refractivity contribution >= 4 is 17.7 Å². The van der Waals surface area contributed by atoms with E-state index < -0.39 is 11.8 Å². The minimum Gasteiger partial charge on any atom is -0.478 e. The number of benzene rings is 1. The highest BCUT2D eigenvalue weighted by Gasteiger charge is 2.10. The van der Waals surface area contributed by atoms with Crippen LogP contribution in [0.2, 0.25) is 0 Å². The van der Waals surface area contributed by atoms with E-state index in [4.69, 9.17) is 10.4 Å². The second-order valence-corrected chi connectivity index (χ2v) is 4.23. The van der Waals surface area contributed by atoms with Crippen molar-refractivity contribution in [3.05, 3.63) is 29.6 Å². The second-order valence-electron chi connectivity index (χ2n) is 3.06. The third-order valence-electron chi connectivity index (χ3n) is 1.87. The van der Waals surface area contributed by atoms with Crippen molar-refractivity contribution in [1.29, 1.82) is 5.26 Å². The van der Waals surface area contributed by atoms with Crippen molar-refractivity contribution in [2.24, 2.45) is 0 Å². The molecule has 1 N–H and O–H groups in total. The minimum atomic E-state index is -1.27. The number of carboxylic acid groups (broad SMARTS) is 1. The molecule has 1 aromatic carbocycles. The van der Waals surface area contributed by atoms with Crippen LogP contribution in [0.25, 0.3) is 0 Å². The highest BCUT2D eigenvalue weighted by Crippen LogP contribution is 2.22. The lowest BCUT2D eigenvalue weighted by atomic mass is 10.2. The van der Waals surface area contributed by atoms with Gasteiger partial charge in [0.15, 0.2) is 0 Å². The molecule has 0 radical (unpaired) electrons. The van der Waals surface area contributed by atoms with Crippen LogP contribution in [-0.2, 0) is 0 Å². The summed E-state index contributed by atoms with van der Waals surface area (Å²) < 4.78 is 13.0. The summed E-state index contributed by atoms with van der Waals surface area (Å²) in [5.41, 5.74) is -0.315. The number of halogens is 1. The lowest BCUT2D eigenvalue weighted by Gasteiger charge is -2.02. The van der Waals surface area contributed by atoms with E-state index in [9.17, 15) is 9.18 Å². The molecule has 0 aliphatic rings. The van der Waals surface area contributed by atoms with Gasteiger partial charge in [-0.15, -0.1) is 11.8 Å². The van der Waals surface area contributed by atoms with Crippen LogP contribution in [-0.4, -0.2) is 16.8 Å². The Morgan fingerprint density at radius 1 is 1.56 bits per heavy atom. The number of hydrogen-bond acceptors (Lipinski definition) is 3. The Bertz CT molecular complexity index is 428. The summed E-state index contributed by atoms with van der Waals surface area (Å²) in [6.07, 6.45) is 1.21. The quantitative estimate of drug-likeness (QED) is 0.634. The molecule has 0 fully saturated rings. The van der Waals surface area contributed by atoms with Gasteiger partial charge >= 0.3 is 5.97 Å². The largest absolute Gasteiger partial charge is 0.478 e. The maximum absolute atomic E-state index is 13.0. The van der Waals surface area contributed by atoms with E-state index in [2.05, 4.69) is 0 Å². The SMILES string of the molecule is N#CCCCSc1ccc(F)c(C(=O)O)c1. The van der Waals surface area contributed by atoms with Crippen molar-refractivity contribution in [2.75, 3.05) is 5.75 Å². The summed E-state index contributed by atoms with van der Waals surface area (Å²) in [6.45, 7) is 0. The minimum absolute atomic E-state index is 0.315. The molecule has 3 nitrogen and oxygen atoms in total. The molecule has 0 aliphatic heterocycles. The first-order chi connectivity index (χ1) is 7.65. The second kappa shape index (κ2) is 6.13. The van der Waals surface area contributed by atoms with Crippen LogP contribution in [0.3, 0.4) is 0 Å². The number of aromatic carboxylic acids is 1. The first kappa shape index (κ1) is 12.5. The van der Waals surface area contributed by atoms with Crippen LogP contribution in [0, 0.1) is 17.1 Å². The van der Waals surface area contributed by atoms with Gasteiger partial charge in [0.25, 0.3) is 0 Å². The van der Waals surface area contributed by atoms with Crippen LogP contribution in [0.4, 0.5) is 4.39 Å². The zero-order chi connectivity index (χ0) is 12.0. The van der Waals surface area contributed by atoms with Gasteiger partial charge in [-0.1, -0.05) is 0 Å². The van der Waals surface area contributed by atoms with Gasteiger partial charge in [-0.2, -0.15) is 5.26 Å². The van der Waals surface area contributed by atoms with E-state index in [1.54, 1.807) is 6.07 Å². The predicted octanol–water partition coefficient (Wildman–Crippen LogP) is 2.92. The zero-order valence-corrected chi connectivity index (χ0v) is 9.26. The van der Waals surface area contributed by atoms with Crippen LogP contribution in [0.15, 0.2) is 23.1 Å². The molecule has 0 heterocycles. The normalized spacial score (nSPS) is 9.75. The maximum atomic E-state index is 13.0. The lowest BCUT2D eigenvalue weighted by molar-refractivity contribution is 0.0691. The molecule has 0 bridgehead atoms. The van der Waals surface area contributed by atoms with Crippen molar-refractivity contribution < 1.29 is 14.3 Å². The molecule has 0 saturated heterocycles. The predicted molar refractivity (Wildman–Crippen MR) is 58.9 cm³/mol. The molecule has 16 heavy (non-hydrogen) atoms. The number of nitrogens with zero attached hydrogens (tertiary/aromatic N) is 1. The molecular formula is C11H10FNO2S. The third-order valence-corrected chi connectivity index (χ3v) is 2.95. The lowest BCUT2D eigenvalue weighted by Crippen LogP contribution is -2.00. The van der Waals surface area contributed by atoms with Gasteiger partial charge in [0.2, 0.25) is 0 Å². The van der Waals surface area contributed by atoms with Gasteiger partial charge in [0.05, 0.1) is 11.6 Å². The number of carboxylic acids is 1. The van der Waals surface area contributed by atoms with E-state index in [-0.39, 0.29) is 5.56 Å². The Labute approximate surface area is 96.9 Å². The number of unbranched alkanes of at least 4 members (excludes halogenated alkanes) is 1. The smallest absolute Gasteiger partial charge is 0.338 e. The highest BCUT2D eigenvalue weighted by molar-refractivity contribution is 7.99. The third kappa shape index (κ3) is 3.55. The Morgan fingerprint density at radius 3 is 2.94 bits per heavy atom. The fourth-order valence-corrected chi connectivity index (χ4v) is 1.99. The van der Waals surface area contributed by atoms with E-state index in [1.165, 1.54) is 17.8 Å². The summed E-state index contributed by atoms with van der Waals surface area (Å²) in [7, 11) is 0. The molecule has 0 atom stereocenters. The molecule has 1 aromatic rings. The summed E-state index contributed by atoms with van der Waals surface area (Å²) in [5, 5.41) is 17.0. The molecule has 0 amide bonds. The average Bonchev–Trinajstić information content (AvgIpc) is 2.26. The topological polar surface area (TPSA) is 61.1 Å². The number of rotatable bonds is 5. The number of nitriles is 1. The van der Waals surface area contributed by atoms with Crippen LogP contribution in [0.5, 0.6) is 0 Å². The average molecular weight is 239 g/mol. The van der Waals surface area contributed by atoms with Crippen molar-refractivity contribution in [3.63, 3.8) is 0 Å². The van der Waals surface area contributed by atoms with Gasteiger partial charge in [-0.25, -0.2) is 9.18 Å². The Morgan fingerprint density at radius 2 is 2.31 bits per heavy atom. The molecule has 0 unspecified atom stereocenters. The molecular weight excluding hydrogens is 229 g/mol. The van der Waals surface area contributed by atoms with Gasteiger partial charge < -0.3 is 5.11 Å². The monoisotopic (exact) mass is 239 g/mol. The van der Waals surface area contributed by atoms with Crippen molar-refractivity contribution in [2.45, 2.75) is 17.7 Å². The van der Waals surface area contributed by atoms with E-state index in [0.717, 1.165) is 18.2 Å². The van der Waals surface area contributed by atoms with E-state index >= 15 is 0 Å². The molecule has 0 aliphatic carbocycles. The van der Waals surface area contributed by atoms with Gasteiger partial charge in [-0.3, -0.25) is 0 Å². The molecule has 0 spiro atoms. The fourth-order valence-electron chi connectivity index (χ4n) is 1.10. The van der Waals surface area contributed by atoms with Crippen LogP contribution >= 0.6 is 11.8 Å². The fraction of sp³-hybridized carbons (Fsp3) is 0.273. The summed E-state index contributed by atoms with van der Waals surface area (Å²) in [4.78, 5) is 11.4. The zero-order valence-electron chi connectivity index (χ0n) is 8.44. The van der Waals surface area contributed by atoms with E-state index in [1.807, 2.05) is 6.07 Å². The van der Waals surface area contributed by atoms with Crippen molar-refractivity contribution in [3.8, 4) is 6.07 Å². The van der Waals surface area contributed by atoms with Crippen LogP contribution in [0.1, 0.15) is 23.2 Å². The number of carbonyl (C=O) groups is 1. The first-order valence-corrected chi connectivity index (χ1v) is 5.66. The summed E-state index contributed by atoms with van der Waals surface area (Å²) in [6, 6.07) is 6.03. The number of hydrogen-bond donors (Lipinski definition) is 1. The Hall–Kier alpha value is -1.54. The van der Waals surface area contributed by atoms with Crippen LogP contribution < -0.4 is 0 Å². The van der Waals surface area contributed by atoms with Gasteiger partial charge in [0.1, 0.15) is 5.82 Å². The Balaban J connectivity index is 2.65. The molecule has 0 saturated carbocycles.